The highest BCUT2D eigenvalue weighted by atomic mass is 127. The summed E-state index contributed by atoms with van der Waals surface area (Å²) >= 11 is 0. The largest absolute Gasteiger partial charge is 0.493 e. The van der Waals surface area contributed by atoms with Crippen LogP contribution in [0.2, 0.25) is 0 Å². The fourth-order valence-electron chi connectivity index (χ4n) is 3.13. The highest BCUT2D eigenvalue weighted by molar-refractivity contribution is 14.0. The van der Waals surface area contributed by atoms with Crippen molar-refractivity contribution >= 4 is 35.6 Å². The van der Waals surface area contributed by atoms with E-state index < -0.39 is 0 Å². The Morgan fingerprint density at radius 3 is 2.52 bits per heavy atom. The van der Waals surface area contributed by atoms with Gasteiger partial charge in [0, 0.05) is 24.8 Å². The summed E-state index contributed by atoms with van der Waals surface area (Å²) < 4.78 is 10.6. The Kier molecular flexibility index (Phi) is 11.5. The first-order valence-electron chi connectivity index (χ1n) is 9.66. The molecule has 2 N–H and O–H groups in total. The number of halogens is 1. The predicted molar refractivity (Wildman–Crippen MR) is 124 cm³/mol. The molecule has 1 heterocycles. The van der Waals surface area contributed by atoms with Crippen molar-refractivity contribution in [3.8, 4) is 11.5 Å². The van der Waals surface area contributed by atoms with Gasteiger partial charge in [0.25, 0.3) is 0 Å². The third-order valence-electron chi connectivity index (χ3n) is 4.77. The number of nitrogens with zero attached hydrogens (tertiary/aromatic N) is 2. The number of ether oxygens (including phenoxy) is 2. The zero-order chi connectivity index (χ0) is 18.8. The van der Waals surface area contributed by atoms with Gasteiger partial charge in [0.2, 0.25) is 0 Å². The van der Waals surface area contributed by atoms with Crippen molar-refractivity contribution in [2.45, 2.75) is 33.1 Å². The maximum absolute atomic E-state index is 5.36. The minimum atomic E-state index is 0. The van der Waals surface area contributed by atoms with E-state index in [4.69, 9.17) is 14.5 Å². The van der Waals surface area contributed by atoms with E-state index in [2.05, 4.69) is 29.4 Å². The molecule has 0 radical (unpaired) electrons. The lowest BCUT2D eigenvalue weighted by molar-refractivity contribution is 0.192. The van der Waals surface area contributed by atoms with Gasteiger partial charge in [0.05, 0.1) is 14.2 Å². The summed E-state index contributed by atoms with van der Waals surface area (Å²) in [5, 5.41) is 6.63. The van der Waals surface area contributed by atoms with E-state index in [0.717, 1.165) is 49.4 Å². The van der Waals surface area contributed by atoms with Gasteiger partial charge in [-0.3, -0.25) is 4.99 Å². The van der Waals surface area contributed by atoms with Gasteiger partial charge >= 0.3 is 0 Å². The summed E-state index contributed by atoms with van der Waals surface area (Å²) in [5.41, 5.74) is 0.923. The van der Waals surface area contributed by atoms with Crippen LogP contribution < -0.4 is 20.1 Å². The second-order valence-electron chi connectivity index (χ2n) is 6.83. The number of benzene rings is 1. The number of piperidine rings is 1. The van der Waals surface area contributed by atoms with Crippen LogP contribution in [0.15, 0.2) is 23.2 Å². The van der Waals surface area contributed by atoms with Crippen LogP contribution in [0.1, 0.15) is 33.1 Å². The fraction of sp³-hybridized carbons (Fsp3) is 0.650. The van der Waals surface area contributed by atoms with Crippen LogP contribution in [-0.2, 0) is 0 Å². The quantitative estimate of drug-likeness (QED) is 0.251. The summed E-state index contributed by atoms with van der Waals surface area (Å²) in [6.45, 7) is 9.65. The van der Waals surface area contributed by atoms with Crippen LogP contribution in [0, 0.1) is 5.92 Å². The molecule has 0 aromatic heterocycles. The molecular weight excluding hydrogens is 455 g/mol. The summed E-state index contributed by atoms with van der Waals surface area (Å²) in [5.74, 6) is 3.10. The molecule has 2 rings (SSSR count). The third kappa shape index (κ3) is 8.13. The van der Waals surface area contributed by atoms with Gasteiger partial charge in [-0.2, -0.15) is 0 Å². The Morgan fingerprint density at radius 1 is 1.19 bits per heavy atom. The van der Waals surface area contributed by atoms with Gasteiger partial charge in [-0.25, -0.2) is 0 Å². The Labute approximate surface area is 181 Å². The van der Waals surface area contributed by atoms with E-state index in [9.17, 15) is 0 Å². The molecule has 0 unspecified atom stereocenters. The molecule has 1 aromatic rings. The standard InChI is InChI=1S/C20H34N4O2.HI/c1-5-21-20(22-11-6-12-24-13-9-16(2)10-14-24)23-17-7-8-18(25-3)19(15-17)26-4;/h7-8,15-16H,5-6,9-14H2,1-4H3,(H2,21,22,23);1H. The van der Waals surface area contributed by atoms with E-state index in [1.54, 1.807) is 14.2 Å². The average Bonchev–Trinajstić information content (AvgIpc) is 2.66. The summed E-state index contributed by atoms with van der Waals surface area (Å²) in [7, 11) is 3.28. The van der Waals surface area contributed by atoms with E-state index >= 15 is 0 Å². The van der Waals surface area contributed by atoms with Crippen molar-refractivity contribution in [3.63, 3.8) is 0 Å². The van der Waals surface area contributed by atoms with Crippen molar-refractivity contribution in [1.29, 1.82) is 0 Å². The molecule has 6 nitrogen and oxygen atoms in total. The van der Waals surface area contributed by atoms with Gasteiger partial charge in [-0.1, -0.05) is 6.92 Å². The third-order valence-corrected chi connectivity index (χ3v) is 4.77. The van der Waals surface area contributed by atoms with Crippen LogP contribution in [0.3, 0.4) is 0 Å². The molecule has 27 heavy (non-hydrogen) atoms. The average molecular weight is 490 g/mol. The zero-order valence-electron chi connectivity index (χ0n) is 17.1. The molecule has 0 aliphatic carbocycles. The van der Waals surface area contributed by atoms with Crippen molar-refractivity contribution < 1.29 is 9.47 Å². The Hall–Kier alpha value is -1.22. The van der Waals surface area contributed by atoms with Crippen molar-refractivity contribution in [3.05, 3.63) is 18.2 Å². The van der Waals surface area contributed by atoms with Crippen LogP contribution in [0.5, 0.6) is 11.5 Å². The number of likely N-dealkylation sites (tertiary alicyclic amines) is 1. The smallest absolute Gasteiger partial charge is 0.195 e. The van der Waals surface area contributed by atoms with E-state index in [0.29, 0.717) is 5.75 Å². The van der Waals surface area contributed by atoms with Crippen LogP contribution in [0.4, 0.5) is 5.69 Å². The molecule has 1 saturated heterocycles. The van der Waals surface area contributed by atoms with Gasteiger partial charge in [0.1, 0.15) is 0 Å². The molecule has 154 valence electrons. The van der Waals surface area contributed by atoms with Crippen LogP contribution in [0.25, 0.3) is 0 Å². The minimum absolute atomic E-state index is 0. The highest BCUT2D eigenvalue weighted by Gasteiger charge is 2.14. The molecule has 0 saturated carbocycles. The molecule has 1 fully saturated rings. The molecule has 1 aliphatic rings. The summed E-state index contributed by atoms with van der Waals surface area (Å²) in [4.78, 5) is 7.26. The number of rotatable bonds is 8. The normalized spacial score (nSPS) is 15.8. The van der Waals surface area contributed by atoms with Gasteiger partial charge < -0.3 is 25.0 Å². The molecule has 0 spiro atoms. The zero-order valence-corrected chi connectivity index (χ0v) is 19.4. The predicted octanol–water partition coefficient (Wildman–Crippen LogP) is 3.82. The molecule has 1 aromatic carbocycles. The summed E-state index contributed by atoms with van der Waals surface area (Å²) in [6, 6.07) is 5.77. The van der Waals surface area contributed by atoms with Crippen molar-refractivity contribution in [2.75, 3.05) is 52.3 Å². The molecule has 1 aliphatic heterocycles. The number of nitrogens with one attached hydrogen (secondary N) is 2. The first-order valence-corrected chi connectivity index (χ1v) is 9.66. The number of aliphatic imine (C=N–C) groups is 1. The van der Waals surface area contributed by atoms with Crippen molar-refractivity contribution in [1.82, 2.24) is 10.2 Å². The monoisotopic (exact) mass is 490 g/mol. The lowest BCUT2D eigenvalue weighted by atomic mass is 9.99. The molecule has 0 amide bonds. The Bertz CT molecular complexity index is 575. The lowest BCUT2D eigenvalue weighted by Crippen LogP contribution is -2.34. The molecule has 0 atom stereocenters. The van der Waals surface area contributed by atoms with Gasteiger partial charge in [0.15, 0.2) is 17.5 Å². The van der Waals surface area contributed by atoms with Gasteiger partial charge in [-0.05, 0) is 63.9 Å². The van der Waals surface area contributed by atoms with Gasteiger partial charge in [-0.15, -0.1) is 24.0 Å². The van der Waals surface area contributed by atoms with Crippen LogP contribution in [-0.4, -0.2) is 57.8 Å². The van der Waals surface area contributed by atoms with Crippen LogP contribution >= 0.6 is 24.0 Å². The second kappa shape index (κ2) is 13.0. The minimum Gasteiger partial charge on any atom is -0.493 e. The maximum atomic E-state index is 5.36. The first-order chi connectivity index (χ1) is 12.7. The van der Waals surface area contributed by atoms with E-state index in [1.807, 2.05) is 18.2 Å². The molecule has 0 bridgehead atoms. The molecule has 7 heteroatoms. The Morgan fingerprint density at radius 2 is 1.89 bits per heavy atom. The number of anilines is 1. The summed E-state index contributed by atoms with van der Waals surface area (Å²) in [6.07, 6.45) is 3.73. The molecular formula is C20H35IN4O2. The Balaban J connectivity index is 0.00000364. The first kappa shape index (κ1) is 23.8. The highest BCUT2D eigenvalue weighted by Crippen LogP contribution is 2.29. The number of guanidine groups is 1. The van der Waals surface area contributed by atoms with E-state index in [-0.39, 0.29) is 24.0 Å². The number of hydrogen-bond donors (Lipinski definition) is 2. The SMILES string of the molecule is CCNC(=NCCCN1CCC(C)CC1)Nc1ccc(OC)c(OC)c1.I. The lowest BCUT2D eigenvalue weighted by Gasteiger charge is -2.29. The number of hydrogen-bond acceptors (Lipinski definition) is 4. The van der Waals surface area contributed by atoms with Crippen molar-refractivity contribution in [2.24, 2.45) is 10.9 Å². The fourth-order valence-corrected chi connectivity index (χ4v) is 3.13. The topological polar surface area (TPSA) is 58.1 Å². The number of methoxy groups -OCH3 is 2. The maximum Gasteiger partial charge on any atom is 0.195 e. The van der Waals surface area contributed by atoms with E-state index in [1.165, 1.54) is 25.9 Å². The second-order valence-corrected chi connectivity index (χ2v) is 6.83.